The minimum atomic E-state index is -0.822. The van der Waals surface area contributed by atoms with Crippen LogP contribution in [0.25, 0.3) is 11.1 Å². The van der Waals surface area contributed by atoms with Gasteiger partial charge in [0.25, 0.3) is 0 Å². The van der Waals surface area contributed by atoms with Crippen LogP contribution in [0.4, 0.5) is 5.82 Å². The molecule has 110 valence electrons. The maximum Gasteiger partial charge on any atom is 0.305 e. The molecule has 1 aromatic heterocycles. The van der Waals surface area contributed by atoms with Crippen LogP contribution in [-0.4, -0.2) is 29.7 Å². The van der Waals surface area contributed by atoms with Crippen molar-refractivity contribution in [3.05, 3.63) is 48.2 Å². The van der Waals surface area contributed by atoms with E-state index in [-0.39, 0.29) is 6.42 Å². The fourth-order valence-electron chi connectivity index (χ4n) is 2.15. The van der Waals surface area contributed by atoms with Crippen molar-refractivity contribution in [2.75, 3.05) is 18.5 Å². The highest BCUT2D eigenvalue weighted by Crippen LogP contribution is 2.24. The lowest BCUT2D eigenvalue weighted by Gasteiger charge is -2.20. The molecule has 0 spiro atoms. The van der Waals surface area contributed by atoms with E-state index >= 15 is 0 Å². The Kier molecular flexibility index (Phi) is 4.90. The molecule has 5 heteroatoms. The van der Waals surface area contributed by atoms with Crippen LogP contribution in [0.5, 0.6) is 0 Å². The molecular formula is C16H19N3O2. The summed E-state index contributed by atoms with van der Waals surface area (Å²) in [5.74, 6) is -0.0875. The second kappa shape index (κ2) is 6.85. The average Bonchev–Trinajstić information content (AvgIpc) is 2.52. The maximum absolute atomic E-state index is 10.7. The van der Waals surface area contributed by atoms with Gasteiger partial charge in [0.15, 0.2) is 0 Å². The fourth-order valence-corrected chi connectivity index (χ4v) is 2.15. The summed E-state index contributed by atoms with van der Waals surface area (Å²) in [6.45, 7) is 0.764. The lowest BCUT2D eigenvalue weighted by Crippen LogP contribution is -2.24. The average molecular weight is 285 g/mol. The summed E-state index contributed by atoms with van der Waals surface area (Å²) in [7, 11) is 1.83. The summed E-state index contributed by atoms with van der Waals surface area (Å²) in [6.07, 6.45) is 1.86. The van der Waals surface area contributed by atoms with Gasteiger partial charge in [-0.3, -0.25) is 4.79 Å². The number of nitrogens with zero attached hydrogens (tertiary/aromatic N) is 2. The lowest BCUT2D eigenvalue weighted by molar-refractivity contribution is -0.136. The zero-order valence-corrected chi connectivity index (χ0v) is 12.0. The number of carboxylic acid groups (broad SMARTS) is 1. The maximum atomic E-state index is 10.7. The Hall–Kier alpha value is -2.40. The first-order valence-corrected chi connectivity index (χ1v) is 6.79. The van der Waals surface area contributed by atoms with E-state index in [0.29, 0.717) is 13.1 Å². The van der Waals surface area contributed by atoms with Crippen molar-refractivity contribution in [2.24, 2.45) is 5.73 Å². The first-order chi connectivity index (χ1) is 10.1. The van der Waals surface area contributed by atoms with Crippen LogP contribution in [0.1, 0.15) is 12.0 Å². The predicted octanol–water partition coefficient (Wildman–Crippen LogP) is 2.12. The molecule has 0 radical (unpaired) electrons. The number of carboxylic acids is 1. The molecule has 0 saturated heterocycles. The first kappa shape index (κ1) is 15.0. The second-order valence-electron chi connectivity index (χ2n) is 4.84. The highest BCUT2D eigenvalue weighted by Gasteiger charge is 2.11. The Labute approximate surface area is 124 Å². The molecule has 0 aliphatic heterocycles. The smallest absolute Gasteiger partial charge is 0.305 e. The number of aromatic nitrogens is 1. The van der Waals surface area contributed by atoms with Crippen LogP contribution >= 0.6 is 0 Å². The van der Waals surface area contributed by atoms with Crippen molar-refractivity contribution in [1.82, 2.24) is 4.98 Å². The molecule has 5 nitrogen and oxygen atoms in total. The van der Waals surface area contributed by atoms with E-state index in [4.69, 9.17) is 10.8 Å². The molecule has 0 unspecified atom stereocenters. The number of rotatable bonds is 6. The molecule has 0 amide bonds. The number of hydrogen-bond donors (Lipinski definition) is 2. The van der Waals surface area contributed by atoms with E-state index in [1.807, 2.05) is 48.3 Å². The van der Waals surface area contributed by atoms with Gasteiger partial charge in [-0.2, -0.15) is 0 Å². The highest BCUT2D eigenvalue weighted by molar-refractivity contribution is 5.68. The van der Waals surface area contributed by atoms with Crippen molar-refractivity contribution in [3.63, 3.8) is 0 Å². The molecule has 1 heterocycles. The Morgan fingerprint density at radius 1 is 1.29 bits per heavy atom. The molecule has 0 saturated carbocycles. The number of carbonyl (C=O) groups is 1. The molecule has 0 aliphatic carbocycles. The van der Waals surface area contributed by atoms with Crippen molar-refractivity contribution in [1.29, 1.82) is 0 Å². The van der Waals surface area contributed by atoms with Gasteiger partial charge in [0.05, 0.1) is 6.42 Å². The Morgan fingerprint density at radius 3 is 2.62 bits per heavy atom. The number of nitrogens with two attached hydrogens (primary N) is 1. The summed E-state index contributed by atoms with van der Waals surface area (Å²) in [5.41, 5.74) is 8.80. The molecular weight excluding hydrogens is 266 g/mol. The molecule has 0 bridgehead atoms. The third kappa shape index (κ3) is 3.79. The van der Waals surface area contributed by atoms with Crippen LogP contribution in [0.3, 0.4) is 0 Å². The standard InChI is InChI=1S/C16H19N3O2/c1-19(8-7-15(20)21)16-13(10-17)9-14(11-18-16)12-5-3-2-4-6-12/h2-6,9,11H,7-8,10,17H2,1H3,(H,20,21). The van der Waals surface area contributed by atoms with Gasteiger partial charge in [-0.15, -0.1) is 0 Å². The van der Waals surface area contributed by atoms with Gasteiger partial charge in [0, 0.05) is 37.5 Å². The molecule has 2 rings (SSSR count). The van der Waals surface area contributed by atoms with Gasteiger partial charge in [-0.05, 0) is 11.6 Å². The number of benzene rings is 1. The van der Waals surface area contributed by atoms with Crippen LogP contribution in [0.15, 0.2) is 42.6 Å². The van der Waals surface area contributed by atoms with Gasteiger partial charge in [-0.1, -0.05) is 30.3 Å². The normalized spacial score (nSPS) is 10.4. The van der Waals surface area contributed by atoms with Crippen LogP contribution in [-0.2, 0) is 11.3 Å². The van der Waals surface area contributed by atoms with E-state index < -0.39 is 5.97 Å². The zero-order valence-electron chi connectivity index (χ0n) is 12.0. The van der Waals surface area contributed by atoms with Gasteiger partial charge in [0.2, 0.25) is 0 Å². The van der Waals surface area contributed by atoms with Crippen molar-refractivity contribution < 1.29 is 9.90 Å². The van der Waals surface area contributed by atoms with Crippen molar-refractivity contribution >= 4 is 11.8 Å². The summed E-state index contributed by atoms with van der Waals surface area (Å²) in [6, 6.07) is 12.0. The van der Waals surface area contributed by atoms with E-state index in [9.17, 15) is 4.79 Å². The van der Waals surface area contributed by atoms with Crippen LogP contribution < -0.4 is 10.6 Å². The molecule has 21 heavy (non-hydrogen) atoms. The van der Waals surface area contributed by atoms with Crippen LogP contribution in [0.2, 0.25) is 0 Å². The topological polar surface area (TPSA) is 79.5 Å². The van der Waals surface area contributed by atoms with Crippen molar-refractivity contribution in [2.45, 2.75) is 13.0 Å². The number of hydrogen-bond acceptors (Lipinski definition) is 4. The Balaban J connectivity index is 2.26. The minimum Gasteiger partial charge on any atom is -0.481 e. The van der Waals surface area contributed by atoms with Gasteiger partial charge >= 0.3 is 5.97 Å². The fraction of sp³-hybridized carbons (Fsp3) is 0.250. The minimum absolute atomic E-state index is 0.0721. The lowest BCUT2D eigenvalue weighted by atomic mass is 10.1. The monoisotopic (exact) mass is 285 g/mol. The summed E-state index contributed by atoms with van der Waals surface area (Å²) >= 11 is 0. The number of anilines is 1. The van der Waals surface area contributed by atoms with E-state index in [0.717, 1.165) is 22.5 Å². The first-order valence-electron chi connectivity index (χ1n) is 6.79. The molecule has 3 N–H and O–H groups in total. The summed E-state index contributed by atoms with van der Waals surface area (Å²) < 4.78 is 0. The Morgan fingerprint density at radius 2 is 2.00 bits per heavy atom. The molecule has 2 aromatic rings. The zero-order chi connectivity index (χ0) is 15.2. The molecule has 1 aromatic carbocycles. The van der Waals surface area contributed by atoms with E-state index in [2.05, 4.69) is 4.98 Å². The number of aliphatic carboxylic acids is 1. The second-order valence-corrected chi connectivity index (χ2v) is 4.84. The van der Waals surface area contributed by atoms with Crippen molar-refractivity contribution in [3.8, 4) is 11.1 Å². The molecule has 0 fully saturated rings. The van der Waals surface area contributed by atoms with Crippen LogP contribution in [0, 0.1) is 0 Å². The SMILES string of the molecule is CN(CCC(=O)O)c1ncc(-c2ccccc2)cc1CN. The molecule has 0 aliphatic rings. The largest absolute Gasteiger partial charge is 0.481 e. The third-order valence-corrected chi connectivity index (χ3v) is 3.29. The summed E-state index contributed by atoms with van der Waals surface area (Å²) in [5, 5.41) is 8.76. The van der Waals surface area contributed by atoms with E-state index in [1.54, 1.807) is 6.20 Å². The summed E-state index contributed by atoms with van der Waals surface area (Å²) in [4.78, 5) is 16.9. The third-order valence-electron chi connectivity index (χ3n) is 3.29. The van der Waals surface area contributed by atoms with Gasteiger partial charge < -0.3 is 15.7 Å². The number of pyridine rings is 1. The highest BCUT2D eigenvalue weighted by atomic mass is 16.4. The van der Waals surface area contributed by atoms with Gasteiger partial charge in [-0.25, -0.2) is 4.98 Å². The molecule has 0 atom stereocenters. The Bertz CT molecular complexity index is 614. The quantitative estimate of drug-likeness (QED) is 0.850. The predicted molar refractivity (Wildman–Crippen MR) is 83.1 cm³/mol. The van der Waals surface area contributed by atoms with Gasteiger partial charge in [0.1, 0.15) is 5.82 Å². The van der Waals surface area contributed by atoms with E-state index in [1.165, 1.54) is 0 Å².